The van der Waals surface area contributed by atoms with Crippen molar-refractivity contribution in [1.82, 2.24) is 14.8 Å². The molecule has 0 amide bonds. The summed E-state index contributed by atoms with van der Waals surface area (Å²) in [5.74, 6) is 0.219. The van der Waals surface area contributed by atoms with E-state index in [2.05, 4.69) is 16.1 Å². The molecule has 1 aromatic carbocycles. The van der Waals surface area contributed by atoms with Gasteiger partial charge < -0.3 is 5.11 Å². The van der Waals surface area contributed by atoms with Crippen LogP contribution in [0.15, 0.2) is 48.4 Å². The Hall–Kier alpha value is -1.69. The van der Waals surface area contributed by atoms with E-state index in [4.69, 9.17) is 11.6 Å². The third-order valence-electron chi connectivity index (χ3n) is 4.36. The van der Waals surface area contributed by atoms with Crippen LogP contribution in [0, 0.1) is 5.92 Å². The third-order valence-corrected chi connectivity index (χ3v) is 5.60. The first-order valence-electron chi connectivity index (χ1n) is 7.55. The largest absolute Gasteiger partial charge is 0.383 e. The zero-order valence-corrected chi connectivity index (χ0v) is 14.0. The lowest BCUT2D eigenvalue weighted by molar-refractivity contribution is -0.00764. The van der Waals surface area contributed by atoms with Gasteiger partial charge in [-0.15, -0.1) is 11.3 Å². The number of aliphatic hydroxyl groups is 1. The van der Waals surface area contributed by atoms with Gasteiger partial charge in [-0.05, 0) is 41.8 Å². The van der Waals surface area contributed by atoms with E-state index in [-0.39, 0.29) is 5.92 Å². The van der Waals surface area contributed by atoms with E-state index in [1.807, 2.05) is 29.6 Å². The number of benzene rings is 1. The maximum atomic E-state index is 11.3. The highest BCUT2D eigenvalue weighted by Crippen LogP contribution is 2.49. The number of nitrogens with zero attached hydrogens (tertiary/aromatic N) is 3. The first-order valence-corrected chi connectivity index (χ1v) is 8.81. The summed E-state index contributed by atoms with van der Waals surface area (Å²) in [4.78, 5) is 5.13. The fourth-order valence-electron chi connectivity index (χ4n) is 3.02. The number of hydrogen-bond donors (Lipinski definition) is 1. The van der Waals surface area contributed by atoms with E-state index >= 15 is 0 Å². The molecule has 1 fully saturated rings. The highest BCUT2D eigenvalue weighted by molar-refractivity contribution is 7.13. The van der Waals surface area contributed by atoms with Crippen LogP contribution in [0.2, 0.25) is 5.02 Å². The molecule has 1 unspecified atom stereocenters. The summed E-state index contributed by atoms with van der Waals surface area (Å²) in [5.41, 5.74) is 0.851. The van der Waals surface area contributed by atoms with Crippen molar-refractivity contribution >= 4 is 22.9 Å². The van der Waals surface area contributed by atoms with Gasteiger partial charge in [-0.3, -0.25) is 0 Å². The minimum atomic E-state index is -1.00. The molecule has 3 aromatic rings. The second-order valence-electron chi connectivity index (χ2n) is 5.96. The molecule has 1 aliphatic rings. The number of hydrogen-bond acceptors (Lipinski definition) is 4. The van der Waals surface area contributed by atoms with Crippen LogP contribution in [-0.2, 0) is 12.1 Å². The van der Waals surface area contributed by atoms with Gasteiger partial charge in [0.2, 0.25) is 0 Å². The maximum absolute atomic E-state index is 11.3. The molecule has 2 heterocycles. The van der Waals surface area contributed by atoms with Crippen LogP contribution in [-0.4, -0.2) is 19.9 Å². The van der Waals surface area contributed by atoms with Crippen LogP contribution in [0.25, 0.3) is 10.4 Å². The van der Waals surface area contributed by atoms with Gasteiger partial charge in [0.05, 0.1) is 6.54 Å². The maximum Gasteiger partial charge on any atom is 0.137 e. The van der Waals surface area contributed by atoms with Crippen molar-refractivity contribution in [2.45, 2.75) is 25.0 Å². The molecule has 4 nitrogen and oxygen atoms in total. The van der Waals surface area contributed by atoms with Crippen molar-refractivity contribution in [3.8, 4) is 10.4 Å². The minimum absolute atomic E-state index is 0.219. The van der Waals surface area contributed by atoms with Gasteiger partial charge in [-0.1, -0.05) is 29.8 Å². The van der Waals surface area contributed by atoms with E-state index in [1.165, 1.54) is 11.2 Å². The van der Waals surface area contributed by atoms with E-state index < -0.39 is 5.60 Å². The Morgan fingerprint density at radius 2 is 2.22 bits per heavy atom. The molecule has 0 aliphatic heterocycles. The molecule has 0 radical (unpaired) electrons. The Morgan fingerprint density at radius 3 is 2.83 bits per heavy atom. The van der Waals surface area contributed by atoms with Crippen molar-refractivity contribution in [1.29, 1.82) is 0 Å². The molecule has 0 spiro atoms. The van der Waals surface area contributed by atoms with E-state index in [1.54, 1.807) is 22.3 Å². The van der Waals surface area contributed by atoms with Crippen molar-refractivity contribution in [3.63, 3.8) is 0 Å². The quantitative estimate of drug-likeness (QED) is 0.761. The molecule has 1 atom stereocenters. The average molecular weight is 346 g/mol. The van der Waals surface area contributed by atoms with Crippen molar-refractivity contribution in [2.75, 3.05) is 0 Å². The summed E-state index contributed by atoms with van der Waals surface area (Å²) in [5, 5.41) is 18.1. The Morgan fingerprint density at radius 1 is 1.35 bits per heavy atom. The molecule has 1 N–H and O–H groups in total. The monoisotopic (exact) mass is 345 g/mol. The zero-order chi connectivity index (χ0) is 15.9. The Labute approximate surface area is 143 Å². The van der Waals surface area contributed by atoms with Crippen LogP contribution >= 0.6 is 22.9 Å². The molecule has 1 aliphatic carbocycles. The topological polar surface area (TPSA) is 50.9 Å². The fourth-order valence-corrected chi connectivity index (χ4v) is 4.09. The van der Waals surface area contributed by atoms with E-state index in [0.717, 1.165) is 24.0 Å². The first kappa shape index (κ1) is 14.9. The van der Waals surface area contributed by atoms with Gasteiger partial charge >= 0.3 is 0 Å². The Balaban J connectivity index is 1.72. The highest BCUT2D eigenvalue weighted by atomic mass is 35.5. The average Bonchev–Trinajstić information content (AvgIpc) is 3.05. The number of halogens is 1. The van der Waals surface area contributed by atoms with Crippen LogP contribution in [0.1, 0.15) is 18.4 Å². The second kappa shape index (κ2) is 5.74. The molecule has 23 heavy (non-hydrogen) atoms. The lowest BCUT2D eigenvalue weighted by atomic mass is 9.88. The smallest absolute Gasteiger partial charge is 0.137 e. The molecular formula is C17H16ClN3OS. The van der Waals surface area contributed by atoms with Gasteiger partial charge in [-0.2, -0.15) is 5.10 Å². The molecule has 4 rings (SSSR count). The number of thiophene rings is 1. The van der Waals surface area contributed by atoms with Crippen LogP contribution in [0.5, 0.6) is 0 Å². The van der Waals surface area contributed by atoms with E-state index in [0.29, 0.717) is 11.6 Å². The molecular weight excluding hydrogens is 330 g/mol. The Kier molecular flexibility index (Phi) is 3.71. The van der Waals surface area contributed by atoms with Gasteiger partial charge in [0.25, 0.3) is 0 Å². The summed E-state index contributed by atoms with van der Waals surface area (Å²) < 4.78 is 1.67. The van der Waals surface area contributed by atoms with Crippen molar-refractivity contribution in [2.24, 2.45) is 5.92 Å². The van der Waals surface area contributed by atoms with Crippen LogP contribution in [0.4, 0.5) is 0 Å². The van der Waals surface area contributed by atoms with Crippen LogP contribution < -0.4 is 0 Å². The van der Waals surface area contributed by atoms with E-state index in [9.17, 15) is 5.11 Å². The molecule has 118 valence electrons. The predicted molar refractivity (Wildman–Crippen MR) is 91.4 cm³/mol. The molecule has 2 aromatic heterocycles. The summed E-state index contributed by atoms with van der Waals surface area (Å²) in [6, 6.07) is 10.0. The summed E-state index contributed by atoms with van der Waals surface area (Å²) in [7, 11) is 0. The SMILES string of the molecule is OC(Cn1cncn1)(c1ccc(-c2cccs2)cc1Cl)C1CC1. The number of rotatable bonds is 5. The summed E-state index contributed by atoms with van der Waals surface area (Å²) in [6.45, 7) is 0.371. The van der Waals surface area contributed by atoms with Gasteiger partial charge in [0.15, 0.2) is 0 Å². The normalized spacial score (nSPS) is 17.1. The Bertz CT molecular complexity index is 799. The lowest BCUT2D eigenvalue weighted by Crippen LogP contribution is -2.34. The summed E-state index contributed by atoms with van der Waals surface area (Å²) >= 11 is 8.22. The number of aromatic nitrogens is 3. The third kappa shape index (κ3) is 2.80. The standard InChI is InChI=1S/C17H16ClN3OS/c18-15-8-12(16-2-1-7-23-16)3-6-14(15)17(22,13-4-5-13)9-21-11-19-10-20-21/h1-3,6-8,10-11,13,22H,4-5,9H2. The lowest BCUT2D eigenvalue weighted by Gasteiger charge is -2.29. The second-order valence-corrected chi connectivity index (χ2v) is 7.32. The molecule has 0 saturated heterocycles. The van der Waals surface area contributed by atoms with Gasteiger partial charge in [-0.25, -0.2) is 9.67 Å². The highest BCUT2D eigenvalue weighted by Gasteiger charge is 2.46. The molecule has 0 bridgehead atoms. The van der Waals surface area contributed by atoms with Gasteiger partial charge in [0, 0.05) is 15.5 Å². The van der Waals surface area contributed by atoms with Gasteiger partial charge in [0.1, 0.15) is 18.3 Å². The fraction of sp³-hybridized carbons (Fsp3) is 0.294. The first-order chi connectivity index (χ1) is 11.2. The minimum Gasteiger partial charge on any atom is -0.383 e. The predicted octanol–water partition coefficient (Wildman–Crippen LogP) is 3.96. The summed E-state index contributed by atoms with van der Waals surface area (Å²) in [6.07, 6.45) is 5.12. The molecule has 6 heteroatoms. The van der Waals surface area contributed by atoms with Crippen LogP contribution in [0.3, 0.4) is 0 Å². The zero-order valence-electron chi connectivity index (χ0n) is 12.4. The van der Waals surface area contributed by atoms with Crippen molar-refractivity contribution in [3.05, 3.63) is 59.0 Å². The van der Waals surface area contributed by atoms with Crippen molar-refractivity contribution < 1.29 is 5.11 Å². The molecule has 1 saturated carbocycles.